The molecule has 6 nitrogen and oxygen atoms in total. The molecule has 134 valence electrons. The Morgan fingerprint density at radius 3 is 2.69 bits per heavy atom. The topological polar surface area (TPSA) is 81.7 Å². The summed E-state index contributed by atoms with van der Waals surface area (Å²) in [6, 6.07) is 13.5. The summed E-state index contributed by atoms with van der Waals surface area (Å²) in [6.07, 6.45) is 0.416. The smallest absolute Gasteiger partial charge is 0.313 e. The van der Waals surface area contributed by atoms with Gasteiger partial charge in [0.15, 0.2) is 6.61 Å². The first-order chi connectivity index (χ1) is 12.5. The van der Waals surface area contributed by atoms with Crippen LogP contribution in [0.3, 0.4) is 0 Å². The van der Waals surface area contributed by atoms with Gasteiger partial charge >= 0.3 is 5.97 Å². The molecule has 0 aliphatic carbocycles. The Labute approximate surface area is 155 Å². The zero-order valence-electron chi connectivity index (χ0n) is 13.7. The molecule has 1 atom stereocenters. The first-order valence-corrected chi connectivity index (χ1v) is 8.38. The highest BCUT2D eigenvalue weighted by Crippen LogP contribution is 2.30. The predicted octanol–water partition coefficient (Wildman–Crippen LogP) is 2.39. The number of amides is 2. The molecule has 0 radical (unpaired) electrons. The minimum absolute atomic E-state index is 0.165. The van der Waals surface area contributed by atoms with Crippen LogP contribution in [0.5, 0.6) is 5.75 Å². The number of esters is 1. The summed E-state index contributed by atoms with van der Waals surface area (Å²) in [5.74, 6) is -1.63. The SMILES string of the molecule is O=C(COC(=O)[C@@H]1COc2ccc(Cl)cc2C1)NC(=O)c1ccccc1. The van der Waals surface area contributed by atoms with Crippen LogP contribution < -0.4 is 10.1 Å². The van der Waals surface area contributed by atoms with Crippen LogP contribution in [-0.4, -0.2) is 31.0 Å². The molecular formula is C19H16ClNO5. The Kier molecular flexibility index (Phi) is 5.53. The van der Waals surface area contributed by atoms with E-state index < -0.39 is 30.3 Å². The van der Waals surface area contributed by atoms with Gasteiger partial charge in [0.25, 0.3) is 11.8 Å². The van der Waals surface area contributed by atoms with E-state index in [4.69, 9.17) is 21.1 Å². The number of carbonyl (C=O) groups is 3. The molecule has 1 aliphatic heterocycles. The highest BCUT2D eigenvalue weighted by Gasteiger charge is 2.28. The molecule has 3 rings (SSSR count). The Hall–Kier alpha value is -2.86. The maximum Gasteiger partial charge on any atom is 0.313 e. The number of hydrogen-bond acceptors (Lipinski definition) is 5. The summed E-state index contributed by atoms with van der Waals surface area (Å²) in [7, 11) is 0. The van der Waals surface area contributed by atoms with Crippen molar-refractivity contribution in [2.75, 3.05) is 13.2 Å². The van der Waals surface area contributed by atoms with Gasteiger partial charge in [0.05, 0.1) is 5.92 Å². The van der Waals surface area contributed by atoms with E-state index in [1.165, 1.54) is 0 Å². The molecule has 0 spiro atoms. The predicted molar refractivity (Wildman–Crippen MR) is 94.0 cm³/mol. The Balaban J connectivity index is 1.50. The summed E-state index contributed by atoms with van der Waals surface area (Å²) in [5.41, 5.74) is 1.16. The molecule has 0 unspecified atom stereocenters. The number of nitrogens with one attached hydrogen (secondary N) is 1. The molecule has 26 heavy (non-hydrogen) atoms. The average Bonchev–Trinajstić information content (AvgIpc) is 2.66. The van der Waals surface area contributed by atoms with Gasteiger partial charge in [-0.15, -0.1) is 0 Å². The van der Waals surface area contributed by atoms with Crippen molar-refractivity contribution in [2.45, 2.75) is 6.42 Å². The van der Waals surface area contributed by atoms with Crippen LogP contribution in [0.4, 0.5) is 0 Å². The van der Waals surface area contributed by atoms with Crippen molar-refractivity contribution in [3.05, 3.63) is 64.7 Å². The number of hydrogen-bond donors (Lipinski definition) is 1. The standard InChI is InChI=1S/C19H16ClNO5/c20-15-6-7-16-13(9-15)8-14(10-25-16)19(24)26-11-17(22)21-18(23)12-4-2-1-3-5-12/h1-7,9,14H,8,10-11H2,(H,21,22,23)/t14-/m0/s1. The maximum absolute atomic E-state index is 12.2. The largest absolute Gasteiger partial charge is 0.492 e. The molecule has 2 aromatic rings. The highest BCUT2D eigenvalue weighted by molar-refractivity contribution is 6.30. The fraction of sp³-hybridized carbons (Fsp3) is 0.211. The lowest BCUT2D eigenvalue weighted by Gasteiger charge is -2.24. The van der Waals surface area contributed by atoms with Crippen LogP contribution in [0.15, 0.2) is 48.5 Å². The van der Waals surface area contributed by atoms with E-state index in [9.17, 15) is 14.4 Å². The van der Waals surface area contributed by atoms with E-state index in [0.29, 0.717) is 22.8 Å². The lowest BCUT2D eigenvalue weighted by Crippen LogP contribution is -2.36. The number of carbonyl (C=O) groups excluding carboxylic acids is 3. The van der Waals surface area contributed by atoms with Gasteiger partial charge in [0.1, 0.15) is 12.4 Å². The van der Waals surface area contributed by atoms with E-state index in [0.717, 1.165) is 5.56 Å². The quantitative estimate of drug-likeness (QED) is 0.832. The van der Waals surface area contributed by atoms with Gasteiger partial charge in [0.2, 0.25) is 0 Å². The van der Waals surface area contributed by atoms with Crippen molar-refractivity contribution >= 4 is 29.4 Å². The molecule has 0 fully saturated rings. The first-order valence-electron chi connectivity index (χ1n) is 8.00. The van der Waals surface area contributed by atoms with Crippen LogP contribution in [0.25, 0.3) is 0 Å². The molecule has 2 aromatic carbocycles. The molecular weight excluding hydrogens is 358 g/mol. The third-order valence-corrected chi connectivity index (χ3v) is 4.13. The molecule has 0 bridgehead atoms. The normalized spacial score (nSPS) is 15.3. The minimum atomic E-state index is -0.688. The highest BCUT2D eigenvalue weighted by atomic mass is 35.5. The van der Waals surface area contributed by atoms with Crippen LogP contribution in [-0.2, 0) is 20.7 Å². The Bertz CT molecular complexity index is 837. The van der Waals surface area contributed by atoms with E-state index in [1.54, 1.807) is 48.5 Å². The maximum atomic E-state index is 12.2. The lowest BCUT2D eigenvalue weighted by atomic mass is 9.97. The van der Waals surface area contributed by atoms with Crippen LogP contribution in [0.1, 0.15) is 15.9 Å². The van der Waals surface area contributed by atoms with Crippen molar-refractivity contribution in [3.8, 4) is 5.75 Å². The molecule has 0 saturated carbocycles. The van der Waals surface area contributed by atoms with Gasteiger partial charge in [-0.3, -0.25) is 19.7 Å². The fourth-order valence-electron chi connectivity index (χ4n) is 2.59. The summed E-state index contributed by atoms with van der Waals surface area (Å²) < 4.78 is 10.5. The second kappa shape index (κ2) is 8.01. The molecule has 0 aromatic heterocycles. The number of benzene rings is 2. The van der Waals surface area contributed by atoms with Gasteiger partial charge in [-0.25, -0.2) is 0 Å². The lowest BCUT2D eigenvalue weighted by molar-refractivity contribution is -0.153. The van der Waals surface area contributed by atoms with Crippen LogP contribution in [0.2, 0.25) is 5.02 Å². The number of ether oxygens (including phenoxy) is 2. The molecule has 1 aliphatic rings. The molecule has 2 amide bonds. The van der Waals surface area contributed by atoms with E-state index in [1.807, 2.05) is 0 Å². The summed E-state index contributed by atoms with van der Waals surface area (Å²) in [4.78, 5) is 35.8. The average molecular weight is 374 g/mol. The van der Waals surface area contributed by atoms with Gasteiger partial charge in [-0.05, 0) is 42.3 Å². The summed E-state index contributed by atoms with van der Waals surface area (Å²) in [5, 5.41) is 2.73. The van der Waals surface area contributed by atoms with Crippen molar-refractivity contribution in [3.63, 3.8) is 0 Å². The minimum Gasteiger partial charge on any atom is -0.492 e. The van der Waals surface area contributed by atoms with Gasteiger partial charge < -0.3 is 9.47 Å². The number of rotatable bonds is 4. The third-order valence-electron chi connectivity index (χ3n) is 3.90. The van der Waals surface area contributed by atoms with Gasteiger partial charge in [0, 0.05) is 10.6 Å². The Morgan fingerprint density at radius 1 is 1.15 bits per heavy atom. The Morgan fingerprint density at radius 2 is 1.92 bits per heavy atom. The first kappa shape index (κ1) is 17.9. The second-order valence-corrected chi connectivity index (χ2v) is 6.25. The summed E-state index contributed by atoms with van der Waals surface area (Å²) in [6.45, 7) is -0.367. The third kappa shape index (κ3) is 4.40. The van der Waals surface area contributed by atoms with Gasteiger partial charge in [-0.2, -0.15) is 0 Å². The number of halogens is 1. The summed E-state index contributed by atoms with van der Waals surface area (Å²) >= 11 is 5.95. The van der Waals surface area contributed by atoms with E-state index >= 15 is 0 Å². The number of imide groups is 1. The molecule has 1 N–H and O–H groups in total. The van der Waals surface area contributed by atoms with Crippen molar-refractivity contribution in [1.29, 1.82) is 0 Å². The van der Waals surface area contributed by atoms with E-state index in [-0.39, 0.29) is 6.61 Å². The molecule has 7 heteroatoms. The molecule has 1 heterocycles. The second-order valence-electron chi connectivity index (χ2n) is 5.82. The van der Waals surface area contributed by atoms with E-state index in [2.05, 4.69) is 5.32 Å². The van der Waals surface area contributed by atoms with Gasteiger partial charge in [-0.1, -0.05) is 29.8 Å². The van der Waals surface area contributed by atoms with Crippen molar-refractivity contribution < 1.29 is 23.9 Å². The molecule has 0 saturated heterocycles. The fourth-order valence-corrected chi connectivity index (χ4v) is 2.79. The number of fused-ring (bicyclic) bond motifs is 1. The van der Waals surface area contributed by atoms with Crippen LogP contribution >= 0.6 is 11.6 Å². The van der Waals surface area contributed by atoms with Crippen LogP contribution in [0, 0.1) is 5.92 Å². The zero-order valence-corrected chi connectivity index (χ0v) is 14.5. The monoisotopic (exact) mass is 373 g/mol. The van der Waals surface area contributed by atoms with Crippen molar-refractivity contribution in [1.82, 2.24) is 5.32 Å². The van der Waals surface area contributed by atoms with Crippen molar-refractivity contribution in [2.24, 2.45) is 5.92 Å². The zero-order chi connectivity index (χ0) is 18.5.